The van der Waals surface area contributed by atoms with Gasteiger partial charge in [0.25, 0.3) is 11.4 Å². The fourth-order valence-electron chi connectivity index (χ4n) is 2.32. The number of rotatable bonds is 6. The molecule has 0 saturated heterocycles. The summed E-state index contributed by atoms with van der Waals surface area (Å²) in [5.41, 5.74) is 1.46. The molecule has 0 atom stereocenters. The van der Waals surface area contributed by atoms with Crippen LogP contribution in [0, 0.1) is 20.2 Å². The van der Waals surface area contributed by atoms with E-state index in [0.717, 1.165) is 5.56 Å². The lowest BCUT2D eigenvalue weighted by Crippen LogP contribution is -2.08. The molecule has 0 unspecified atom stereocenters. The highest BCUT2D eigenvalue weighted by molar-refractivity contribution is 5.92. The maximum Gasteiger partial charge on any atom is 0.343 e. The third-order valence-corrected chi connectivity index (χ3v) is 3.83. The van der Waals surface area contributed by atoms with Gasteiger partial charge in [0.15, 0.2) is 0 Å². The maximum absolute atomic E-state index is 12.2. The Morgan fingerprint density at radius 3 is 1.83 bits per heavy atom. The molecule has 3 aromatic rings. The third-order valence-electron chi connectivity index (χ3n) is 3.83. The zero-order chi connectivity index (χ0) is 20.8. The second kappa shape index (κ2) is 8.53. The lowest BCUT2D eigenvalue weighted by molar-refractivity contribution is -0.385. The van der Waals surface area contributed by atoms with Crippen LogP contribution in [0.2, 0.25) is 0 Å². The molecule has 0 bridgehead atoms. The summed E-state index contributed by atoms with van der Waals surface area (Å²) in [6.07, 6.45) is 1.56. The Morgan fingerprint density at radius 1 is 0.793 bits per heavy atom. The van der Waals surface area contributed by atoms with Gasteiger partial charge in [-0.1, -0.05) is 12.1 Å². The van der Waals surface area contributed by atoms with E-state index >= 15 is 0 Å². The van der Waals surface area contributed by atoms with Crippen molar-refractivity contribution < 1.29 is 19.4 Å². The first-order chi connectivity index (χ1) is 13.9. The highest BCUT2D eigenvalue weighted by Gasteiger charge is 2.10. The Morgan fingerprint density at radius 2 is 1.31 bits per heavy atom. The van der Waals surface area contributed by atoms with Gasteiger partial charge in [-0.2, -0.15) is 0 Å². The quantitative estimate of drug-likeness (QED) is 0.201. The van der Waals surface area contributed by atoms with E-state index < -0.39 is 15.8 Å². The van der Waals surface area contributed by atoms with E-state index in [0.29, 0.717) is 11.3 Å². The standard InChI is InChI=1S/C20H13N3O6/c24-20(29-19-11-9-18(10-12-19)23(27)28)15-3-1-14(2-4-15)13-21-16-5-7-17(8-6-16)22(25)26/h1-13H. The first-order valence-electron chi connectivity index (χ1n) is 8.27. The lowest BCUT2D eigenvalue weighted by atomic mass is 10.1. The fourth-order valence-corrected chi connectivity index (χ4v) is 2.32. The SMILES string of the molecule is O=C(Oc1ccc([N+](=O)[O-])cc1)c1ccc(C=Nc2ccc([N+](=O)[O-])cc2)cc1. The number of carbonyl (C=O) groups is 1. The van der Waals surface area contributed by atoms with Crippen molar-refractivity contribution in [3.63, 3.8) is 0 Å². The summed E-state index contributed by atoms with van der Waals surface area (Å²) in [5.74, 6) is -0.401. The van der Waals surface area contributed by atoms with E-state index in [1.807, 2.05) is 0 Å². The first kappa shape index (κ1) is 19.4. The third kappa shape index (κ3) is 5.07. The van der Waals surface area contributed by atoms with Crippen LogP contribution < -0.4 is 4.74 Å². The van der Waals surface area contributed by atoms with Gasteiger partial charge in [0.05, 0.1) is 21.1 Å². The van der Waals surface area contributed by atoms with Crippen molar-refractivity contribution in [3.05, 3.63) is 104 Å². The van der Waals surface area contributed by atoms with E-state index in [9.17, 15) is 25.0 Å². The van der Waals surface area contributed by atoms with E-state index in [4.69, 9.17) is 4.74 Å². The Kier molecular flexibility index (Phi) is 5.69. The van der Waals surface area contributed by atoms with Crippen molar-refractivity contribution in [1.29, 1.82) is 0 Å². The van der Waals surface area contributed by atoms with Crippen LogP contribution in [0.1, 0.15) is 15.9 Å². The molecule has 0 saturated carbocycles. The highest BCUT2D eigenvalue weighted by Crippen LogP contribution is 2.19. The molecule has 0 aliphatic carbocycles. The van der Waals surface area contributed by atoms with Crippen molar-refractivity contribution in [2.45, 2.75) is 0 Å². The normalized spacial score (nSPS) is 10.6. The summed E-state index contributed by atoms with van der Waals surface area (Å²) < 4.78 is 5.18. The molecule has 0 aliphatic heterocycles. The predicted octanol–water partition coefficient (Wildman–Crippen LogP) is 4.47. The average molecular weight is 391 g/mol. The fraction of sp³-hybridized carbons (Fsp3) is 0. The number of ether oxygens (including phenoxy) is 1. The van der Waals surface area contributed by atoms with Crippen molar-refractivity contribution in [2.75, 3.05) is 0 Å². The zero-order valence-electron chi connectivity index (χ0n) is 14.8. The molecule has 0 amide bonds. The molecule has 0 fully saturated rings. The first-order valence-corrected chi connectivity index (χ1v) is 8.27. The molecular formula is C20H13N3O6. The number of carbonyl (C=O) groups excluding carboxylic acids is 1. The molecule has 3 rings (SSSR count). The molecule has 0 N–H and O–H groups in total. The Hall–Kier alpha value is -4.40. The Bertz CT molecular complexity index is 1070. The van der Waals surface area contributed by atoms with Crippen LogP contribution in [0.4, 0.5) is 17.1 Å². The summed E-state index contributed by atoms with van der Waals surface area (Å²) in [7, 11) is 0. The second-order valence-electron chi connectivity index (χ2n) is 5.79. The summed E-state index contributed by atoms with van der Waals surface area (Å²) >= 11 is 0. The number of nitro benzene ring substituents is 2. The summed E-state index contributed by atoms with van der Waals surface area (Å²) in [6, 6.07) is 17.4. The van der Waals surface area contributed by atoms with Gasteiger partial charge in [-0.15, -0.1) is 0 Å². The molecule has 29 heavy (non-hydrogen) atoms. The van der Waals surface area contributed by atoms with Gasteiger partial charge in [0.2, 0.25) is 0 Å². The maximum atomic E-state index is 12.2. The molecule has 9 nitrogen and oxygen atoms in total. The molecule has 0 heterocycles. The van der Waals surface area contributed by atoms with Gasteiger partial charge >= 0.3 is 5.97 Å². The Balaban J connectivity index is 1.63. The van der Waals surface area contributed by atoms with Crippen LogP contribution in [0.15, 0.2) is 77.8 Å². The summed E-state index contributed by atoms with van der Waals surface area (Å²) in [4.78, 5) is 36.6. The van der Waals surface area contributed by atoms with Gasteiger partial charge in [-0.3, -0.25) is 25.2 Å². The number of non-ortho nitro benzene ring substituents is 2. The Labute approximate surface area is 164 Å². The van der Waals surface area contributed by atoms with Crippen LogP contribution in [-0.2, 0) is 0 Å². The van der Waals surface area contributed by atoms with E-state index in [2.05, 4.69) is 4.99 Å². The lowest BCUT2D eigenvalue weighted by Gasteiger charge is -2.04. The van der Waals surface area contributed by atoms with Gasteiger partial charge in [0.1, 0.15) is 5.75 Å². The molecule has 0 spiro atoms. The predicted molar refractivity (Wildman–Crippen MR) is 105 cm³/mol. The van der Waals surface area contributed by atoms with Crippen LogP contribution in [-0.4, -0.2) is 22.0 Å². The van der Waals surface area contributed by atoms with E-state index in [1.165, 1.54) is 48.5 Å². The summed E-state index contributed by atoms with van der Waals surface area (Å²) in [6.45, 7) is 0. The smallest absolute Gasteiger partial charge is 0.343 e. The van der Waals surface area contributed by atoms with Gasteiger partial charge in [0, 0.05) is 30.5 Å². The number of benzene rings is 3. The number of aliphatic imine (C=N–C) groups is 1. The topological polar surface area (TPSA) is 125 Å². The number of esters is 1. The van der Waals surface area contributed by atoms with Crippen molar-refractivity contribution in [1.82, 2.24) is 0 Å². The van der Waals surface area contributed by atoms with Crippen LogP contribution >= 0.6 is 0 Å². The number of hydrogen-bond donors (Lipinski definition) is 0. The monoisotopic (exact) mass is 391 g/mol. The second-order valence-corrected chi connectivity index (χ2v) is 5.79. The van der Waals surface area contributed by atoms with Crippen LogP contribution in [0.25, 0.3) is 0 Å². The van der Waals surface area contributed by atoms with Gasteiger partial charge in [-0.05, 0) is 42.0 Å². The van der Waals surface area contributed by atoms with E-state index in [1.54, 1.807) is 30.5 Å². The van der Waals surface area contributed by atoms with Crippen molar-refractivity contribution in [2.24, 2.45) is 4.99 Å². The zero-order valence-corrected chi connectivity index (χ0v) is 14.8. The summed E-state index contributed by atoms with van der Waals surface area (Å²) in [5, 5.41) is 21.3. The van der Waals surface area contributed by atoms with Gasteiger partial charge < -0.3 is 4.74 Å². The average Bonchev–Trinajstić information content (AvgIpc) is 2.73. The van der Waals surface area contributed by atoms with Crippen molar-refractivity contribution >= 4 is 29.2 Å². The minimum atomic E-state index is -0.599. The molecular weight excluding hydrogens is 378 g/mol. The molecule has 0 aliphatic rings. The minimum absolute atomic E-state index is 0.0140. The number of nitrogens with zero attached hydrogens (tertiary/aromatic N) is 3. The van der Waals surface area contributed by atoms with Crippen LogP contribution in [0.5, 0.6) is 5.75 Å². The van der Waals surface area contributed by atoms with Crippen LogP contribution in [0.3, 0.4) is 0 Å². The minimum Gasteiger partial charge on any atom is -0.423 e. The molecule has 144 valence electrons. The number of nitro groups is 2. The molecule has 3 aromatic carbocycles. The largest absolute Gasteiger partial charge is 0.423 e. The molecule has 0 radical (unpaired) electrons. The molecule has 0 aromatic heterocycles. The van der Waals surface area contributed by atoms with Crippen molar-refractivity contribution in [3.8, 4) is 5.75 Å². The van der Waals surface area contributed by atoms with E-state index in [-0.39, 0.29) is 17.1 Å². The number of hydrogen-bond acceptors (Lipinski definition) is 7. The molecule has 9 heteroatoms. The highest BCUT2D eigenvalue weighted by atomic mass is 16.6. The van der Waals surface area contributed by atoms with Gasteiger partial charge in [-0.25, -0.2) is 4.79 Å².